The lowest BCUT2D eigenvalue weighted by Gasteiger charge is -2.12. The van der Waals surface area contributed by atoms with E-state index in [0.29, 0.717) is 12.5 Å². The molecule has 0 fully saturated rings. The summed E-state index contributed by atoms with van der Waals surface area (Å²) in [5.41, 5.74) is 2.32. The largest absolute Gasteiger partial charge is 0.496 e. The van der Waals surface area contributed by atoms with Gasteiger partial charge in [0.05, 0.1) is 7.11 Å². The van der Waals surface area contributed by atoms with Gasteiger partial charge in [-0.3, -0.25) is 4.79 Å². The van der Waals surface area contributed by atoms with Gasteiger partial charge >= 0.3 is 0 Å². The van der Waals surface area contributed by atoms with Crippen LogP contribution in [0.2, 0.25) is 0 Å². The van der Waals surface area contributed by atoms with Gasteiger partial charge in [-0.25, -0.2) is 4.99 Å². The molecular formula is C17H28N4O2. The minimum Gasteiger partial charge on any atom is -0.496 e. The normalized spacial score (nSPS) is 11.0. The van der Waals surface area contributed by atoms with E-state index in [9.17, 15) is 4.79 Å². The molecule has 0 saturated carbocycles. The van der Waals surface area contributed by atoms with Crippen LogP contribution in [0.3, 0.4) is 0 Å². The van der Waals surface area contributed by atoms with Crippen LogP contribution in [0.1, 0.15) is 25.0 Å². The van der Waals surface area contributed by atoms with Crippen molar-refractivity contribution in [2.24, 2.45) is 4.99 Å². The van der Waals surface area contributed by atoms with E-state index in [1.807, 2.05) is 20.8 Å². The standard InChI is InChI=1S/C17H28N4O2/c1-5-18-16(22)12-21-17(19-6-2)20-10-9-14-8-7-13(3)15(11-14)23-4/h7-8,11H,5-6,9-10,12H2,1-4H3,(H,18,22)(H2,19,20,21). The molecule has 0 heterocycles. The average molecular weight is 320 g/mol. The number of nitrogens with zero attached hydrogens (tertiary/aromatic N) is 1. The van der Waals surface area contributed by atoms with Gasteiger partial charge in [-0.2, -0.15) is 0 Å². The molecule has 0 unspecified atom stereocenters. The van der Waals surface area contributed by atoms with E-state index in [1.165, 1.54) is 5.56 Å². The Balaban J connectivity index is 2.52. The summed E-state index contributed by atoms with van der Waals surface area (Å²) in [5.74, 6) is 1.48. The number of hydrogen-bond acceptors (Lipinski definition) is 3. The lowest BCUT2D eigenvalue weighted by atomic mass is 10.1. The number of methoxy groups -OCH3 is 1. The van der Waals surface area contributed by atoms with Crippen LogP contribution in [0.25, 0.3) is 0 Å². The van der Waals surface area contributed by atoms with Crippen molar-refractivity contribution >= 4 is 11.9 Å². The Hall–Kier alpha value is -2.24. The van der Waals surface area contributed by atoms with Crippen LogP contribution in [0.4, 0.5) is 0 Å². The predicted molar refractivity (Wildman–Crippen MR) is 94.1 cm³/mol. The van der Waals surface area contributed by atoms with Crippen molar-refractivity contribution in [2.75, 3.05) is 33.3 Å². The third-order valence-electron chi connectivity index (χ3n) is 3.28. The van der Waals surface area contributed by atoms with E-state index in [2.05, 4.69) is 39.1 Å². The van der Waals surface area contributed by atoms with E-state index in [4.69, 9.17) is 4.74 Å². The Kier molecular flexibility index (Phi) is 8.57. The Morgan fingerprint density at radius 1 is 1.17 bits per heavy atom. The lowest BCUT2D eigenvalue weighted by molar-refractivity contribution is -0.119. The van der Waals surface area contributed by atoms with Crippen LogP contribution >= 0.6 is 0 Å². The Bertz CT molecular complexity index is 529. The number of rotatable bonds is 8. The molecule has 0 aliphatic rings. The highest BCUT2D eigenvalue weighted by atomic mass is 16.5. The van der Waals surface area contributed by atoms with Crippen molar-refractivity contribution in [1.29, 1.82) is 0 Å². The predicted octanol–water partition coefficient (Wildman–Crippen LogP) is 1.24. The summed E-state index contributed by atoms with van der Waals surface area (Å²) in [5, 5.41) is 9.10. The molecule has 23 heavy (non-hydrogen) atoms. The summed E-state index contributed by atoms with van der Waals surface area (Å²) in [6.07, 6.45) is 0.849. The number of guanidine groups is 1. The molecule has 6 heteroatoms. The molecule has 0 aromatic heterocycles. The van der Waals surface area contributed by atoms with Crippen LogP contribution in [0.5, 0.6) is 5.75 Å². The van der Waals surface area contributed by atoms with Gasteiger partial charge in [-0.15, -0.1) is 0 Å². The van der Waals surface area contributed by atoms with Crippen molar-refractivity contribution in [3.63, 3.8) is 0 Å². The molecule has 0 bridgehead atoms. The van der Waals surface area contributed by atoms with Gasteiger partial charge in [0, 0.05) is 19.6 Å². The summed E-state index contributed by atoms with van der Waals surface area (Å²) in [6.45, 7) is 8.13. The highest BCUT2D eigenvalue weighted by Crippen LogP contribution is 2.18. The SMILES string of the molecule is CCNC(=O)CN=C(NCC)NCCc1ccc(C)c(OC)c1. The molecule has 6 nitrogen and oxygen atoms in total. The molecule has 0 spiro atoms. The summed E-state index contributed by atoms with van der Waals surface area (Å²) < 4.78 is 5.34. The van der Waals surface area contributed by atoms with E-state index in [-0.39, 0.29) is 12.5 Å². The number of aryl methyl sites for hydroxylation is 1. The van der Waals surface area contributed by atoms with Crippen LogP contribution in [0.15, 0.2) is 23.2 Å². The van der Waals surface area contributed by atoms with Gasteiger partial charge in [-0.1, -0.05) is 12.1 Å². The summed E-state index contributed by atoms with van der Waals surface area (Å²) in [7, 11) is 1.68. The number of hydrogen-bond donors (Lipinski definition) is 3. The zero-order chi connectivity index (χ0) is 17.1. The number of ether oxygens (including phenoxy) is 1. The fourth-order valence-electron chi connectivity index (χ4n) is 2.09. The Labute approximate surface area is 138 Å². The Morgan fingerprint density at radius 3 is 2.57 bits per heavy atom. The van der Waals surface area contributed by atoms with Gasteiger partial charge in [0.1, 0.15) is 12.3 Å². The number of carbonyl (C=O) groups excluding carboxylic acids is 1. The smallest absolute Gasteiger partial charge is 0.241 e. The highest BCUT2D eigenvalue weighted by Gasteiger charge is 2.03. The zero-order valence-electron chi connectivity index (χ0n) is 14.5. The zero-order valence-corrected chi connectivity index (χ0v) is 14.5. The molecule has 1 rings (SSSR count). The third kappa shape index (κ3) is 7.04. The van der Waals surface area contributed by atoms with Crippen LogP contribution in [0, 0.1) is 6.92 Å². The second-order valence-corrected chi connectivity index (χ2v) is 5.13. The number of amides is 1. The lowest BCUT2D eigenvalue weighted by Crippen LogP contribution is -2.39. The molecule has 3 N–H and O–H groups in total. The first-order chi connectivity index (χ1) is 11.1. The summed E-state index contributed by atoms with van der Waals surface area (Å²) in [6, 6.07) is 6.20. The van der Waals surface area contributed by atoms with E-state index in [1.54, 1.807) is 7.11 Å². The highest BCUT2D eigenvalue weighted by molar-refractivity contribution is 5.84. The Morgan fingerprint density at radius 2 is 1.91 bits per heavy atom. The first-order valence-corrected chi connectivity index (χ1v) is 8.03. The molecular weight excluding hydrogens is 292 g/mol. The van der Waals surface area contributed by atoms with Crippen LogP contribution < -0.4 is 20.7 Å². The average Bonchev–Trinajstić information content (AvgIpc) is 2.54. The van der Waals surface area contributed by atoms with Crippen molar-refractivity contribution in [2.45, 2.75) is 27.2 Å². The maximum absolute atomic E-state index is 11.5. The molecule has 0 aliphatic heterocycles. The van der Waals surface area contributed by atoms with Crippen LogP contribution in [-0.2, 0) is 11.2 Å². The van der Waals surface area contributed by atoms with Crippen molar-refractivity contribution in [1.82, 2.24) is 16.0 Å². The fraction of sp³-hybridized carbons (Fsp3) is 0.529. The minimum atomic E-state index is -0.0759. The van der Waals surface area contributed by atoms with Crippen molar-refractivity contribution in [3.8, 4) is 5.75 Å². The molecule has 128 valence electrons. The monoisotopic (exact) mass is 320 g/mol. The molecule has 0 atom stereocenters. The first kappa shape index (κ1) is 18.8. The number of aliphatic imine (C=N–C) groups is 1. The quantitative estimate of drug-likeness (QED) is 0.498. The van der Waals surface area contributed by atoms with Crippen LogP contribution in [-0.4, -0.2) is 45.2 Å². The maximum Gasteiger partial charge on any atom is 0.241 e. The molecule has 0 radical (unpaired) electrons. The van der Waals surface area contributed by atoms with Gasteiger partial charge < -0.3 is 20.7 Å². The topological polar surface area (TPSA) is 74.8 Å². The molecule has 1 aromatic carbocycles. The second-order valence-electron chi connectivity index (χ2n) is 5.13. The minimum absolute atomic E-state index is 0.0759. The number of nitrogens with one attached hydrogen (secondary N) is 3. The number of benzene rings is 1. The third-order valence-corrected chi connectivity index (χ3v) is 3.28. The molecule has 1 aromatic rings. The van der Waals surface area contributed by atoms with Crippen molar-refractivity contribution in [3.05, 3.63) is 29.3 Å². The van der Waals surface area contributed by atoms with E-state index in [0.717, 1.165) is 30.8 Å². The molecule has 1 amide bonds. The molecule has 0 aliphatic carbocycles. The van der Waals surface area contributed by atoms with Gasteiger partial charge in [0.25, 0.3) is 0 Å². The fourth-order valence-corrected chi connectivity index (χ4v) is 2.09. The second kappa shape index (κ2) is 10.5. The van der Waals surface area contributed by atoms with Gasteiger partial charge in [0.15, 0.2) is 5.96 Å². The maximum atomic E-state index is 11.5. The number of likely N-dealkylation sites (N-methyl/N-ethyl adjacent to an activating group) is 1. The van der Waals surface area contributed by atoms with Gasteiger partial charge in [0.2, 0.25) is 5.91 Å². The molecule has 0 saturated heterocycles. The van der Waals surface area contributed by atoms with Crippen molar-refractivity contribution < 1.29 is 9.53 Å². The van der Waals surface area contributed by atoms with E-state index >= 15 is 0 Å². The van der Waals surface area contributed by atoms with Gasteiger partial charge in [-0.05, 0) is 44.4 Å². The first-order valence-electron chi connectivity index (χ1n) is 8.03. The van der Waals surface area contributed by atoms with E-state index < -0.39 is 0 Å². The number of carbonyl (C=O) groups is 1. The summed E-state index contributed by atoms with van der Waals surface area (Å²) in [4.78, 5) is 15.7. The summed E-state index contributed by atoms with van der Waals surface area (Å²) >= 11 is 0.